The number of halogens is 1. The van der Waals surface area contributed by atoms with Crippen LogP contribution in [0.3, 0.4) is 0 Å². The topological polar surface area (TPSA) is 53.0 Å². The maximum Gasteiger partial charge on any atom is 0.194 e. The highest BCUT2D eigenvalue weighted by Crippen LogP contribution is 2.20. The molecule has 0 saturated carbocycles. The summed E-state index contributed by atoms with van der Waals surface area (Å²) >= 11 is 1.66. The lowest BCUT2D eigenvalue weighted by Gasteiger charge is -2.21. The van der Waals surface area contributed by atoms with Gasteiger partial charge in [0.2, 0.25) is 0 Å². The number of ether oxygens (including phenoxy) is 1. The van der Waals surface area contributed by atoms with Crippen molar-refractivity contribution < 1.29 is 4.74 Å². The lowest BCUT2D eigenvalue weighted by atomic mass is 10.1. The molecule has 1 atom stereocenters. The minimum atomic E-state index is 0. The first-order valence-corrected chi connectivity index (χ1v) is 11.0. The lowest BCUT2D eigenvalue weighted by molar-refractivity contribution is 0.119. The van der Waals surface area contributed by atoms with Gasteiger partial charge in [-0.3, -0.25) is 4.99 Å². The molecule has 8 heteroatoms. The van der Waals surface area contributed by atoms with Crippen molar-refractivity contribution >= 4 is 41.3 Å². The summed E-state index contributed by atoms with van der Waals surface area (Å²) in [5, 5.41) is 6.52. The maximum atomic E-state index is 5.35. The van der Waals surface area contributed by atoms with Crippen LogP contribution in [0.1, 0.15) is 62.8 Å². The normalized spacial score (nSPS) is 12.8. The van der Waals surface area contributed by atoms with Gasteiger partial charge in [0.15, 0.2) is 5.96 Å². The van der Waals surface area contributed by atoms with Gasteiger partial charge in [-0.05, 0) is 47.3 Å². The van der Waals surface area contributed by atoms with Gasteiger partial charge >= 0.3 is 0 Å². The first-order chi connectivity index (χ1) is 13.0. The molecule has 1 unspecified atom stereocenters. The summed E-state index contributed by atoms with van der Waals surface area (Å²) in [6, 6.07) is 0. The Labute approximate surface area is 193 Å². The summed E-state index contributed by atoms with van der Waals surface area (Å²) in [4.78, 5) is 13.9. The van der Waals surface area contributed by atoms with Gasteiger partial charge in [-0.25, -0.2) is 4.98 Å². The van der Waals surface area contributed by atoms with Crippen LogP contribution in [0, 0.1) is 0 Å². The lowest BCUT2D eigenvalue weighted by Crippen LogP contribution is -2.38. The predicted molar refractivity (Wildman–Crippen MR) is 132 cm³/mol. The smallest absolute Gasteiger partial charge is 0.194 e. The average Bonchev–Trinajstić information content (AvgIpc) is 3.10. The zero-order chi connectivity index (χ0) is 20.1. The van der Waals surface area contributed by atoms with Crippen molar-refractivity contribution in [2.75, 3.05) is 47.9 Å². The maximum absolute atomic E-state index is 5.35. The van der Waals surface area contributed by atoms with Crippen LogP contribution in [-0.2, 0) is 11.3 Å². The fourth-order valence-corrected chi connectivity index (χ4v) is 3.57. The number of nitrogens with zero attached hydrogens (tertiary/aromatic N) is 4. The van der Waals surface area contributed by atoms with Crippen LogP contribution < -0.4 is 5.32 Å². The van der Waals surface area contributed by atoms with E-state index in [1.807, 2.05) is 6.92 Å². The Morgan fingerprint density at radius 3 is 2.54 bits per heavy atom. The predicted octanol–water partition coefficient (Wildman–Crippen LogP) is 4.38. The standard InChI is InChI=1S/C20H39N5OS.HI/c1-7-21-20(22-13-11-9-8-10-12-14-24(3)4)25(5)15-18-16-27-19(23-18)17(2)26-6;/h16-17H,7-15H2,1-6H3,(H,21,22);1H. The van der Waals surface area contributed by atoms with E-state index in [0.717, 1.165) is 42.7 Å². The van der Waals surface area contributed by atoms with E-state index in [2.05, 4.69) is 53.5 Å². The molecular weight excluding hydrogens is 485 g/mol. The number of methoxy groups -OCH3 is 1. The molecule has 28 heavy (non-hydrogen) atoms. The van der Waals surface area contributed by atoms with Gasteiger partial charge in [0.25, 0.3) is 0 Å². The van der Waals surface area contributed by atoms with Gasteiger partial charge in [-0.2, -0.15) is 0 Å². The number of hydrogen-bond acceptors (Lipinski definition) is 5. The number of aliphatic imine (C=N–C) groups is 1. The van der Waals surface area contributed by atoms with E-state index in [1.165, 1.54) is 32.2 Å². The van der Waals surface area contributed by atoms with Gasteiger partial charge < -0.3 is 19.9 Å². The third-order valence-corrected chi connectivity index (χ3v) is 5.45. The monoisotopic (exact) mass is 525 g/mol. The zero-order valence-corrected chi connectivity index (χ0v) is 21.7. The largest absolute Gasteiger partial charge is 0.375 e. The average molecular weight is 526 g/mol. The first kappa shape index (κ1) is 27.5. The molecule has 0 aliphatic heterocycles. The number of guanidine groups is 1. The van der Waals surface area contributed by atoms with Crippen LogP contribution in [0.15, 0.2) is 10.4 Å². The van der Waals surface area contributed by atoms with E-state index in [0.29, 0.717) is 0 Å². The van der Waals surface area contributed by atoms with Crippen LogP contribution in [0.4, 0.5) is 0 Å². The number of nitrogens with one attached hydrogen (secondary N) is 1. The highest BCUT2D eigenvalue weighted by Gasteiger charge is 2.12. The molecule has 1 aromatic rings. The number of hydrogen-bond donors (Lipinski definition) is 1. The second kappa shape index (κ2) is 16.4. The number of aromatic nitrogens is 1. The van der Waals surface area contributed by atoms with Gasteiger partial charge in [0.05, 0.1) is 12.2 Å². The van der Waals surface area contributed by atoms with E-state index >= 15 is 0 Å². The Bertz CT molecular complexity index is 538. The molecule has 0 spiro atoms. The van der Waals surface area contributed by atoms with E-state index in [1.54, 1.807) is 18.4 Å². The fraction of sp³-hybridized carbons (Fsp3) is 0.800. The molecule has 0 amide bonds. The van der Waals surface area contributed by atoms with Crippen molar-refractivity contribution in [3.05, 3.63) is 16.1 Å². The summed E-state index contributed by atoms with van der Waals surface area (Å²) in [5.74, 6) is 0.958. The SMILES string of the molecule is CCNC(=NCCCCCCCN(C)C)N(C)Cc1csc(C(C)OC)n1.I. The molecule has 0 aliphatic rings. The summed E-state index contributed by atoms with van der Waals surface area (Å²) in [6.07, 6.45) is 6.36. The molecule has 0 saturated heterocycles. The summed E-state index contributed by atoms with van der Waals surface area (Å²) in [5.41, 5.74) is 1.06. The molecule has 6 nitrogen and oxygen atoms in total. The van der Waals surface area contributed by atoms with Crippen molar-refractivity contribution in [3.63, 3.8) is 0 Å². The molecular formula is C20H40IN5OS. The molecule has 0 aliphatic carbocycles. The number of thiazole rings is 1. The minimum Gasteiger partial charge on any atom is -0.375 e. The van der Waals surface area contributed by atoms with Crippen molar-refractivity contribution in [1.29, 1.82) is 0 Å². The van der Waals surface area contributed by atoms with Gasteiger partial charge in [0.1, 0.15) is 11.1 Å². The van der Waals surface area contributed by atoms with Crippen molar-refractivity contribution in [1.82, 2.24) is 20.1 Å². The Hall–Kier alpha value is -0.450. The summed E-state index contributed by atoms with van der Waals surface area (Å²) in [6.45, 7) is 7.83. The highest BCUT2D eigenvalue weighted by atomic mass is 127. The molecule has 1 aromatic heterocycles. The zero-order valence-electron chi connectivity index (χ0n) is 18.5. The summed E-state index contributed by atoms with van der Waals surface area (Å²) in [7, 11) is 8.06. The van der Waals surface area contributed by atoms with Gasteiger partial charge in [-0.1, -0.05) is 19.3 Å². The van der Waals surface area contributed by atoms with Crippen LogP contribution in [0.25, 0.3) is 0 Å². The highest BCUT2D eigenvalue weighted by molar-refractivity contribution is 14.0. The summed E-state index contributed by atoms with van der Waals surface area (Å²) < 4.78 is 5.35. The number of rotatable bonds is 13. The Morgan fingerprint density at radius 2 is 1.89 bits per heavy atom. The van der Waals surface area contributed by atoms with E-state index in [4.69, 9.17) is 9.73 Å². The van der Waals surface area contributed by atoms with Crippen molar-refractivity contribution in [2.45, 2.75) is 58.6 Å². The van der Waals surface area contributed by atoms with Crippen LogP contribution in [0.5, 0.6) is 0 Å². The molecule has 0 fully saturated rings. The fourth-order valence-electron chi connectivity index (χ4n) is 2.73. The molecule has 164 valence electrons. The molecule has 0 bridgehead atoms. The third kappa shape index (κ3) is 11.5. The third-order valence-electron chi connectivity index (χ3n) is 4.39. The van der Waals surface area contributed by atoms with E-state index < -0.39 is 0 Å². The van der Waals surface area contributed by atoms with Crippen molar-refractivity contribution in [2.24, 2.45) is 4.99 Å². The van der Waals surface area contributed by atoms with Gasteiger partial charge in [0, 0.05) is 32.6 Å². The van der Waals surface area contributed by atoms with Crippen molar-refractivity contribution in [3.8, 4) is 0 Å². The quantitative estimate of drug-likeness (QED) is 0.179. The van der Waals surface area contributed by atoms with E-state index in [-0.39, 0.29) is 30.1 Å². The van der Waals surface area contributed by atoms with Crippen LogP contribution in [0.2, 0.25) is 0 Å². The number of unbranched alkanes of at least 4 members (excludes halogenated alkanes) is 4. The second-order valence-corrected chi connectivity index (χ2v) is 8.11. The first-order valence-electron chi connectivity index (χ1n) is 10.1. The minimum absolute atomic E-state index is 0. The molecule has 0 aromatic carbocycles. The molecule has 1 heterocycles. The Balaban J connectivity index is 0.00000729. The molecule has 0 radical (unpaired) electrons. The van der Waals surface area contributed by atoms with Gasteiger partial charge in [-0.15, -0.1) is 35.3 Å². The van der Waals surface area contributed by atoms with Crippen LogP contribution in [-0.4, -0.2) is 68.6 Å². The van der Waals surface area contributed by atoms with E-state index in [9.17, 15) is 0 Å². The molecule has 1 N–H and O–H groups in total. The van der Waals surface area contributed by atoms with Crippen LogP contribution >= 0.6 is 35.3 Å². The second-order valence-electron chi connectivity index (χ2n) is 7.22. The molecule has 1 rings (SSSR count). The Kier molecular flexibility index (Phi) is 16.1. The Morgan fingerprint density at radius 1 is 1.21 bits per heavy atom.